The maximum atomic E-state index is 10.6. The van der Waals surface area contributed by atoms with Crippen molar-refractivity contribution in [2.24, 2.45) is 0 Å². The van der Waals surface area contributed by atoms with Gasteiger partial charge in [-0.2, -0.15) is 0 Å². The van der Waals surface area contributed by atoms with Gasteiger partial charge in [-0.25, -0.2) is 0 Å². The van der Waals surface area contributed by atoms with Crippen LogP contribution in [0.1, 0.15) is 13.3 Å². The second kappa shape index (κ2) is 4.33. The molecular weight excluding hydrogens is 191 g/mol. The molecule has 1 unspecified atom stereocenters. The van der Waals surface area contributed by atoms with E-state index in [4.69, 9.17) is 11.6 Å². The molecule has 0 aromatic carbocycles. The van der Waals surface area contributed by atoms with Crippen molar-refractivity contribution in [2.75, 3.05) is 5.88 Å². The number of halogens is 2. The van der Waals surface area contributed by atoms with Crippen LogP contribution in [0.25, 0.3) is 0 Å². The van der Waals surface area contributed by atoms with Gasteiger partial charge in [-0.3, -0.25) is 4.79 Å². The Hall–Kier alpha value is 0.440. The summed E-state index contributed by atoms with van der Waals surface area (Å²) in [6.07, 6.45) is 0.811. The molecule has 48 valence electrons. The zero-order valence-electron chi connectivity index (χ0n) is 4.66. The lowest BCUT2D eigenvalue weighted by molar-refractivity contribution is -0.116. The van der Waals surface area contributed by atoms with E-state index in [1.807, 2.05) is 6.92 Å². The summed E-state index contributed by atoms with van der Waals surface area (Å²) < 4.78 is 0. The third-order valence-electron chi connectivity index (χ3n) is 0.839. The summed E-state index contributed by atoms with van der Waals surface area (Å²) in [6, 6.07) is 0. The van der Waals surface area contributed by atoms with Crippen LogP contribution in [0.5, 0.6) is 0 Å². The first-order valence-corrected chi connectivity index (χ1v) is 3.90. The van der Waals surface area contributed by atoms with E-state index in [-0.39, 0.29) is 16.5 Å². The van der Waals surface area contributed by atoms with E-state index in [0.29, 0.717) is 0 Å². The summed E-state index contributed by atoms with van der Waals surface area (Å²) in [4.78, 5) is 10.5. The van der Waals surface area contributed by atoms with E-state index in [2.05, 4.69) is 15.9 Å². The van der Waals surface area contributed by atoms with Gasteiger partial charge in [-0.1, -0.05) is 22.9 Å². The minimum absolute atomic E-state index is 0.0417. The molecule has 0 aliphatic rings. The predicted molar refractivity (Wildman–Crippen MR) is 38.7 cm³/mol. The van der Waals surface area contributed by atoms with Gasteiger partial charge in [0.25, 0.3) is 0 Å². The summed E-state index contributed by atoms with van der Waals surface area (Å²) >= 11 is 8.41. The highest BCUT2D eigenvalue weighted by Crippen LogP contribution is 2.05. The van der Waals surface area contributed by atoms with Gasteiger partial charge in [0.2, 0.25) is 0 Å². The Morgan fingerprint density at radius 1 is 1.88 bits per heavy atom. The van der Waals surface area contributed by atoms with Crippen molar-refractivity contribution >= 4 is 33.3 Å². The first kappa shape index (κ1) is 8.44. The van der Waals surface area contributed by atoms with E-state index in [9.17, 15) is 4.79 Å². The van der Waals surface area contributed by atoms with Crippen LogP contribution in [0.3, 0.4) is 0 Å². The van der Waals surface area contributed by atoms with Gasteiger partial charge in [0.05, 0.1) is 10.7 Å². The molecule has 0 amide bonds. The van der Waals surface area contributed by atoms with E-state index in [1.54, 1.807) is 0 Å². The van der Waals surface area contributed by atoms with Crippen LogP contribution in [0.4, 0.5) is 0 Å². The number of carbonyl (C=O) groups excluding carboxylic acids is 1. The van der Waals surface area contributed by atoms with Crippen LogP contribution >= 0.6 is 27.5 Å². The van der Waals surface area contributed by atoms with Gasteiger partial charge < -0.3 is 0 Å². The highest BCUT2D eigenvalue weighted by atomic mass is 79.9. The van der Waals surface area contributed by atoms with Crippen LogP contribution in [0, 0.1) is 0 Å². The Bertz CT molecular complexity index is 84.5. The van der Waals surface area contributed by atoms with Crippen molar-refractivity contribution in [3.63, 3.8) is 0 Å². The summed E-state index contributed by atoms with van der Waals surface area (Å²) in [6.45, 7) is 1.93. The minimum Gasteiger partial charge on any atom is -0.297 e. The number of ketones is 1. The highest BCUT2D eigenvalue weighted by molar-refractivity contribution is 9.10. The molecule has 0 fully saturated rings. The molecule has 0 aromatic heterocycles. The largest absolute Gasteiger partial charge is 0.297 e. The molecule has 0 N–H and O–H groups in total. The van der Waals surface area contributed by atoms with Crippen LogP contribution in [-0.2, 0) is 4.79 Å². The minimum atomic E-state index is -0.0417. The number of hydrogen-bond acceptors (Lipinski definition) is 1. The quantitative estimate of drug-likeness (QED) is 0.635. The molecule has 0 aromatic rings. The zero-order chi connectivity index (χ0) is 6.57. The molecule has 0 bridgehead atoms. The molecule has 3 heteroatoms. The van der Waals surface area contributed by atoms with Crippen molar-refractivity contribution in [3.05, 3.63) is 0 Å². The molecule has 0 aliphatic carbocycles. The standard InChI is InChI=1S/C5H8BrClO/c1-2-4(6)5(8)3-7/h4H,2-3H2,1H3. The highest BCUT2D eigenvalue weighted by Gasteiger charge is 2.09. The van der Waals surface area contributed by atoms with Crippen LogP contribution in [-0.4, -0.2) is 16.5 Å². The first-order valence-electron chi connectivity index (χ1n) is 2.45. The molecule has 1 nitrogen and oxygen atoms in total. The van der Waals surface area contributed by atoms with Crippen molar-refractivity contribution in [3.8, 4) is 0 Å². The van der Waals surface area contributed by atoms with E-state index >= 15 is 0 Å². The number of carbonyl (C=O) groups is 1. The third kappa shape index (κ3) is 2.68. The molecule has 0 spiro atoms. The molecule has 0 saturated carbocycles. The van der Waals surface area contributed by atoms with Gasteiger partial charge in [-0.15, -0.1) is 11.6 Å². The van der Waals surface area contributed by atoms with Crippen molar-refractivity contribution < 1.29 is 4.79 Å². The Morgan fingerprint density at radius 3 is 2.50 bits per heavy atom. The Morgan fingerprint density at radius 2 is 2.38 bits per heavy atom. The summed E-state index contributed by atoms with van der Waals surface area (Å²) in [5.74, 6) is 0.179. The number of Topliss-reactive ketones (excluding diaryl/α,β-unsaturated/α-hetero) is 1. The fourth-order valence-electron chi connectivity index (χ4n) is 0.311. The fourth-order valence-corrected chi connectivity index (χ4v) is 0.846. The summed E-state index contributed by atoms with van der Waals surface area (Å²) in [7, 11) is 0. The molecule has 0 saturated heterocycles. The van der Waals surface area contributed by atoms with Gasteiger partial charge in [0, 0.05) is 0 Å². The lowest BCUT2D eigenvalue weighted by atomic mass is 10.2. The van der Waals surface area contributed by atoms with Crippen LogP contribution in [0.2, 0.25) is 0 Å². The Balaban J connectivity index is 3.46. The average Bonchev–Trinajstić information content (AvgIpc) is 1.84. The Kier molecular flexibility index (Phi) is 4.57. The molecule has 0 radical (unpaired) electrons. The van der Waals surface area contributed by atoms with Crippen molar-refractivity contribution in [1.82, 2.24) is 0 Å². The number of hydrogen-bond donors (Lipinski definition) is 0. The van der Waals surface area contributed by atoms with Crippen molar-refractivity contribution in [1.29, 1.82) is 0 Å². The molecular formula is C5H8BrClO. The van der Waals surface area contributed by atoms with E-state index in [0.717, 1.165) is 6.42 Å². The van der Waals surface area contributed by atoms with Gasteiger partial charge in [0.1, 0.15) is 0 Å². The first-order chi connectivity index (χ1) is 3.72. The van der Waals surface area contributed by atoms with Gasteiger partial charge >= 0.3 is 0 Å². The normalized spacial score (nSPS) is 13.4. The second-order valence-electron chi connectivity index (χ2n) is 1.48. The average molecular weight is 199 g/mol. The number of rotatable bonds is 3. The zero-order valence-corrected chi connectivity index (χ0v) is 7.00. The van der Waals surface area contributed by atoms with Gasteiger partial charge in [-0.05, 0) is 6.42 Å². The molecule has 1 atom stereocenters. The van der Waals surface area contributed by atoms with Crippen LogP contribution in [0.15, 0.2) is 0 Å². The third-order valence-corrected chi connectivity index (χ3v) is 2.26. The fraction of sp³-hybridized carbons (Fsp3) is 0.800. The number of alkyl halides is 2. The lowest BCUT2D eigenvalue weighted by Gasteiger charge is -1.98. The monoisotopic (exact) mass is 198 g/mol. The Labute approximate surface area is 62.5 Å². The molecule has 0 rings (SSSR count). The van der Waals surface area contributed by atoms with Gasteiger partial charge in [0.15, 0.2) is 5.78 Å². The molecule has 0 heterocycles. The van der Waals surface area contributed by atoms with E-state index < -0.39 is 0 Å². The lowest BCUT2D eigenvalue weighted by Crippen LogP contribution is -2.13. The maximum Gasteiger partial charge on any atom is 0.161 e. The SMILES string of the molecule is CCC(Br)C(=O)CCl. The van der Waals surface area contributed by atoms with Crippen molar-refractivity contribution in [2.45, 2.75) is 18.2 Å². The summed E-state index contributed by atoms with van der Waals surface area (Å²) in [5.41, 5.74) is 0. The molecule has 8 heavy (non-hydrogen) atoms. The molecule has 0 aliphatic heterocycles. The smallest absolute Gasteiger partial charge is 0.161 e. The van der Waals surface area contributed by atoms with E-state index in [1.165, 1.54) is 0 Å². The second-order valence-corrected chi connectivity index (χ2v) is 2.85. The maximum absolute atomic E-state index is 10.6. The topological polar surface area (TPSA) is 17.1 Å². The summed E-state index contributed by atoms with van der Waals surface area (Å²) in [5, 5.41) is 0. The predicted octanol–water partition coefficient (Wildman–Crippen LogP) is 1.97. The van der Waals surface area contributed by atoms with Crippen LogP contribution < -0.4 is 0 Å².